The Balaban J connectivity index is 1.92. The summed E-state index contributed by atoms with van der Waals surface area (Å²) in [4.78, 5) is 37.5. The van der Waals surface area contributed by atoms with E-state index in [4.69, 9.17) is 4.74 Å². The van der Waals surface area contributed by atoms with Gasteiger partial charge in [-0.2, -0.15) is 0 Å². The lowest BCUT2D eigenvalue weighted by Gasteiger charge is -2.28. The first-order valence-corrected chi connectivity index (χ1v) is 10.2. The Morgan fingerprint density at radius 2 is 2.00 bits per heavy atom. The summed E-state index contributed by atoms with van der Waals surface area (Å²) in [5.74, 6) is -0.207. The van der Waals surface area contributed by atoms with Crippen LogP contribution in [-0.4, -0.2) is 83.6 Å². The Morgan fingerprint density at radius 1 is 1.25 bits per heavy atom. The largest absolute Gasteiger partial charge is 0.379 e. The number of amides is 2. The highest BCUT2D eigenvalue weighted by atomic mass is 16.5. The molecule has 0 aromatic carbocycles. The SMILES string of the molecule is CC[C@@H](C)NC(=O)CCN(CCCN1CCOCC1)C(=O)c1cnc(C)cn1. The van der Waals surface area contributed by atoms with E-state index in [0.717, 1.165) is 51.4 Å². The summed E-state index contributed by atoms with van der Waals surface area (Å²) in [5.41, 5.74) is 1.09. The number of ether oxygens (including phenoxy) is 1. The maximum absolute atomic E-state index is 12.9. The van der Waals surface area contributed by atoms with Gasteiger partial charge < -0.3 is 15.0 Å². The second-order valence-electron chi connectivity index (χ2n) is 7.27. The van der Waals surface area contributed by atoms with E-state index in [9.17, 15) is 9.59 Å². The van der Waals surface area contributed by atoms with Gasteiger partial charge in [0.15, 0.2) is 0 Å². The molecule has 1 N–H and O–H groups in total. The van der Waals surface area contributed by atoms with Crippen molar-refractivity contribution in [1.82, 2.24) is 25.1 Å². The van der Waals surface area contributed by atoms with E-state index in [1.165, 1.54) is 6.20 Å². The average Bonchev–Trinajstić information content (AvgIpc) is 2.71. The molecule has 0 aliphatic carbocycles. The summed E-state index contributed by atoms with van der Waals surface area (Å²) in [6.45, 7) is 11.1. The zero-order valence-corrected chi connectivity index (χ0v) is 17.3. The van der Waals surface area contributed by atoms with Crippen LogP contribution in [0.3, 0.4) is 0 Å². The van der Waals surface area contributed by atoms with Gasteiger partial charge in [-0.3, -0.25) is 19.5 Å². The van der Waals surface area contributed by atoms with E-state index in [1.807, 2.05) is 20.8 Å². The summed E-state index contributed by atoms with van der Waals surface area (Å²) >= 11 is 0. The topological polar surface area (TPSA) is 87.7 Å². The Labute approximate surface area is 167 Å². The van der Waals surface area contributed by atoms with E-state index < -0.39 is 0 Å². The third kappa shape index (κ3) is 7.52. The van der Waals surface area contributed by atoms with Gasteiger partial charge in [-0.15, -0.1) is 0 Å². The molecular formula is C20H33N5O3. The molecule has 0 spiro atoms. The minimum absolute atomic E-state index is 0.0321. The Kier molecular flexibility index (Phi) is 9.30. The number of hydrogen-bond donors (Lipinski definition) is 1. The van der Waals surface area contributed by atoms with Crippen molar-refractivity contribution >= 4 is 11.8 Å². The molecule has 1 atom stereocenters. The molecular weight excluding hydrogens is 358 g/mol. The third-order valence-corrected chi connectivity index (χ3v) is 4.92. The van der Waals surface area contributed by atoms with Gasteiger partial charge in [-0.25, -0.2) is 4.98 Å². The van der Waals surface area contributed by atoms with Crippen molar-refractivity contribution in [3.05, 3.63) is 23.8 Å². The highest BCUT2D eigenvalue weighted by Crippen LogP contribution is 2.06. The van der Waals surface area contributed by atoms with Gasteiger partial charge in [0.25, 0.3) is 5.91 Å². The fourth-order valence-electron chi connectivity index (χ4n) is 2.98. The normalized spacial score (nSPS) is 15.8. The Bertz CT molecular complexity index is 617. The summed E-state index contributed by atoms with van der Waals surface area (Å²) < 4.78 is 5.37. The number of hydrogen-bond acceptors (Lipinski definition) is 6. The Morgan fingerprint density at radius 3 is 2.64 bits per heavy atom. The molecule has 28 heavy (non-hydrogen) atoms. The van der Waals surface area contributed by atoms with Gasteiger partial charge in [-0.1, -0.05) is 6.92 Å². The molecule has 1 fully saturated rings. The summed E-state index contributed by atoms with van der Waals surface area (Å²) in [6, 6.07) is 0.140. The van der Waals surface area contributed by atoms with Crippen LogP contribution in [0.2, 0.25) is 0 Å². The molecule has 156 valence electrons. The van der Waals surface area contributed by atoms with Gasteiger partial charge in [-0.05, 0) is 26.7 Å². The first-order valence-electron chi connectivity index (χ1n) is 10.2. The minimum atomic E-state index is -0.175. The van der Waals surface area contributed by atoms with Crippen molar-refractivity contribution in [3.8, 4) is 0 Å². The van der Waals surface area contributed by atoms with Crippen LogP contribution in [0.25, 0.3) is 0 Å². The molecule has 2 amide bonds. The number of aromatic nitrogens is 2. The van der Waals surface area contributed by atoms with E-state index in [1.54, 1.807) is 11.1 Å². The lowest BCUT2D eigenvalue weighted by Crippen LogP contribution is -2.41. The van der Waals surface area contributed by atoms with E-state index >= 15 is 0 Å². The molecule has 1 aromatic rings. The predicted octanol–water partition coefficient (Wildman–Crippen LogP) is 1.25. The van der Waals surface area contributed by atoms with E-state index in [2.05, 4.69) is 20.2 Å². The number of morpholine rings is 1. The molecule has 1 aromatic heterocycles. The first-order chi connectivity index (χ1) is 13.5. The van der Waals surface area contributed by atoms with Crippen LogP contribution in [0.4, 0.5) is 0 Å². The highest BCUT2D eigenvalue weighted by Gasteiger charge is 2.19. The van der Waals surface area contributed by atoms with Gasteiger partial charge in [0.1, 0.15) is 5.69 Å². The van der Waals surface area contributed by atoms with E-state index in [-0.39, 0.29) is 24.3 Å². The van der Waals surface area contributed by atoms with Crippen molar-refractivity contribution in [2.45, 2.75) is 46.1 Å². The molecule has 2 rings (SSSR count). The quantitative estimate of drug-likeness (QED) is 0.646. The van der Waals surface area contributed by atoms with Gasteiger partial charge >= 0.3 is 0 Å². The van der Waals surface area contributed by atoms with Crippen molar-refractivity contribution in [2.24, 2.45) is 0 Å². The zero-order chi connectivity index (χ0) is 20.4. The van der Waals surface area contributed by atoms with Crippen LogP contribution in [-0.2, 0) is 9.53 Å². The van der Waals surface area contributed by atoms with Crippen LogP contribution >= 0.6 is 0 Å². The summed E-state index contributed by atoms with van der Waals surface area (Å²) in [5, 5.41) is 2.95. The lowest BCUT2D eigenvalue weighted by atomic mass is 10.2. The molecule has 2 heterocycles. The van der Waals surface area contributed by atoms with Crippen molar-refractivity contribution in [2.75, 3.05) is 45.9 Å². The smallest absolute Gasteiger partial charge is 0.274 e. The molecule has 1 aliphatic rings. The first kappa shape index (κ1) is 22.2. The van der Waals surface area contributed by atoms with Crippen LogP contribution in [0.15, 0.2) is 12.4 Å². The lowest BCUT2D eigenvalue weighted by molar-refractivity contribution is -0.121. The molecule has 8 nitrogen and oxygen atoms in total. The van der Waals surface area contributed by atoms with Crippen LogP contribution in [0.1, 0.15) is 49.3 Å². The van der Waals surface area contributed by atoms with Crippen LogP contribution in [0.5, 0.6) is 0 Å². The number of carbonyl (C=O) groups is 2. The van der Waals surface area contributed by atoms with Crippen molar-refractivity contribution in [1.29, 1.82) is 0 Å². The average molecular weight is 392 g/mol. The number of carbonyl (C=O) groups excluding carboxylic acids is 2. The molecule has 0 saturated carbocycles. The number of aryl methyl sites for hydroxylation is 1. The van der Waals surface area contributed by atoms with Gasteiger partial charge in [0.2, 0.25) is 5.91 Å². The highest BCUT2D eigenvalue weighted by molar-refractivity contribution is 5.92. The molecule has 0 radical (unpaired) electrons. The Hall–Kier alpha value is -2.06. The monoisotopic (exact) mass is 391 g/mol. The second kappa shape index (κ2) is 11.7. The summed E-state index contributed by atoms with van der Waals surface area (Å²) in [6.07, 6.45) is 5.11. The second-order valence-corrected chi connectivity index (χ2v) is 7.27. The minimum Gasteiger partial charge on any atom is -0.379 e. The molecule has 0 unspecified atom stereocenters. The van der Waals surface area contributed by atoms with Gasteiger partial charge in [0.05, 0.1) is 25.1 Å². The van der Waals surface area contributed by atoms with Crippen molar-refractivity contribution < 1.29 is 14.3 Å². The maximum Gasteiger partial charge on any atom is 0.274 e. The van der Waals surface area contributed by atoms with Crippen molar-refractivity contribution in [3.63, 3.8) is 0 Å². The number of rotatable bonds is 10. The predicted molar refractivity (Wildman–Crippen MR) is 107 cm³/mol. The fourth-order valence-corrected chi connectivity index (χ4v) is 2.98. The fraction of sp³-hybridized carbons (Fsp3) is 0.700. The molecule has 0 bridgehead atoms. The number of nitrogens with zero attached hydrogens (tertiary/aromatic N) is 4. The standard InChI is InChI=1S/C20H33N5O3/c1-4-16(2)23-19(26)6-9-25(8-5-7-24-10-12-28-13-11-24)20(27)18-15-21-17(3)14-22-18/h14-16H,4-13H2,1-3H3,(H,23,26)/t16-/m1/s1. The molecule has 8 heteroatoms. The van der Waals surface area contributed by atoms with Crippen LogP contribution < -0.4 is 5.32 Å². The number of nitrogens with one attached hydrogen (secondary N) is 1. The molecule has 1 aliphatic heterocycles. The third-order valence-electron chi connectivity index (χ3n) is 4.92. The maximum atomic E-state index is 12.9. The van der Waals surface area contributed by atoms with Crippen LogP contribution in [0, 0.1) is 6.92 Å². The molecule has 1 saturated heterocycles. The van der Waals surface area contributed by atoms with Gasteiger partial charge in [0, 0.05) is 51.4 Å². The summed E-state index contributed by atoms with van der Waals surface area (Å²) in [7, 11) is 0. The zero-order valence-electron chi connectivity index (χ0n) is 17.3. The van der Waals surface area contributed by atoms with E-state index in [0.29, 0.717) is 18.8 Å².